The maximum absolute atomic E-state index is 11.4. The Hall–Kier alpha value is -0.770. The highest BCUT2D eigenvalue weighted by atomic mass is 16.3. The molecule has 1 saturated carbocycles. The number of aliphatic hydroxyl groups is 1. The van der Waals surface area contributed by atoms with Gasteiger partial charge in [0.25, 0.3) is 0 Å². The molecule has 1 aliphatic rings. The summed E-state index contributed by atoms with van der Waals surface area (Å²) >= 11 is 0. The molecule has 0 aliphatic heterocycles. The summed E-state index contributed by atoms with van der Waals surface area (Å²) in [6.45, 7) is 2.56. The fourth-order valence-electron chi connectivity index (χ4n) is 1.81. The van der Waals surface area contributed by atoms with Crippen molar-refractivity contribution in [3.05, 3.63) is 0 Å². The first kappa shape index (κ1) is 12.3. The predicted octanol–water partition coefficient (Wildman–Crippen LogP) is 1.25. The molecule has 1 aliphatic carbocycles. The molecule has 1 fully saturated rings. The molecule has 15 heavy (non-hydrogen) atoms. The highest BCUT2D eigenvalue weighted by Crippen LogP contribution is 2.17. The predicted molar refractivity (Wildman–Crippen MR) is 59.7 cm³/mol. The van der Waals surface area contributed by atoms with Crippen molar-refractivity contribution in [1.82, 2.24) is 10.6 Å². The minimum Gasteiger partial charge on any atom is -0.396 e. The summed E-state index contributed by atoms with van der Waals surface area (Å²) in [5.74, 6) is 0.127. The standard InChI is InChI=1S/C11H22N2O2/c1-9(8-14)7-12-11(15)13-10-5-3-2-4-6-10/h9-10,14H,2-8H2,1H3,(H2,12,13,15). The van der Waals surface area contributed by atoms with Crippen LogP contribution in [0.15, 0.2) is 0 Å². The lowest BCUT2D eigenvalue weighted by Crippen LogP contribution is -2.44. The van der Waals surface area contributed by atoms with Crippen LogP contribution in [0.25, 0.3) is 0 Å². The third kappa shape index (κ3) is 5.02. The molecule has 0 radical (unpaired) electrons. The molecule has 2 amide bonds. The SMILES string of the molecule is CC(CO)CNC(=O)NC1CCCCC1. The van der Waals surface area contributed by atoms with Gasteiger partial charge in [0.05, 0.1) is 0 Å². The van der Waals surface area contributed by atoms with Crippen molar-refractivity contribution in [2.75, 3.05) is 13.2 Å². The smallest absolute Gasteiger partial charge is 0.315 e. The van der Waals surface area contributed by atoms with Crippen molar-refractivity contribution in [3.63, 3.8) is 0 Å². The number of urea groups is 1. The number of carbonyl (C=O) groups excluding carboxylic acids is 1. The Morgan fingerprint density at radius 2 is 2.07 bits per heavy atom. The molecule has 0 bridgehead atoms. The van der Waals surface area contributed by atoms with Crippen LogP contribution in [0.5, 0.6) is 0 Å². The molecule has 3 N–H and O–H groups in total. The van der Waals surface area contributed by atoms with Crippen molar-refractivity contribution in [1.29, 1.82) is 0 Å². The first-order valence-electron chi connectivity index (χ1n) is 5.87. The lowest BCUT2D eigenvalue weighted by Gasteiger charge is -2.23. The molecule has 0 aromatic carbocycles. The normalized spacial score (nSPS) is 19.6. The highest BCUT2D eigenvalue weighted by molar-refractivity contribution is 5.74. The molecular weight excluding hydrogens is 192 g/mol. The zero-order valence-electron chi connectivity index (χ0n) is 9.46. The molecular formula is C11H22N2O2. The monoisotopic (exact) mass is 214 g/mol. The van der Waals surface area contributed by atoms with Gasteiger partial charge < -0.3 is 15.7 Å². The zero-order valence-corrected chi connectivity index (χ0v) is 9.46. The zero-order chi connectivity index (χ0) is 11.1. The Bertz CT molecular complexity index is 191. The van der Waals surface area contributed by atoms with Crippen molar-refractivity contribution in [2.45, 2.75) is 45.1 Å². The van der Waals surface area contributed by atoms with Gasteiger partial charge in [-0.25, -0.2) is 4.79 Å². The van der Waals surface area contributed by atoms with E-state index < -0.39 is 0 Å². The highest BCUT2D eigenvalue weighted by Gasteiger charge is 2.15. The van der Waals surface area contributed by atoms with Crippen LogP contribution in [0.1, 0.15) is 39.0 Å². The molecule has 0 aromatic heterocycles. The molecule has 1 unspecified atom stereocenters. The van der Waals surface area contributed by atoms with Crippen molar-refractivity contribution in [3.8, 4) is 0 Å². The van der Waals surface area contributed by atoms with Crippen molar-refractivity contribution in [2.24, 2.45) is 5.92 Å². The second-order valence-corrected chi connectivity index (χ2v) is 4.48. The van der Waals surface area contributed by atoms with E-state index in [-0.39, 0.29) is 18.6 Å². The summed E-state index contributed by atoms with van der Waals surface area (Å²) in [5.41, 5.74) is 0. The Balaban J connectivity index is 2.11. The van der Waals surface area contributed by atoms with E-state index in [1.807, 2.05) is 6.92 Å². The average Bonchev–Trinajstić information content (AvgIpc) is 2.27. The van der Waals surface area contributed by atoms with Gasteiger partial charge in [0.1, 0.15) is 0 Å². The summed E-state index contributed by atoms with van der Waals surface area (Å²) in [5, 5.41) is 14.5. The van der Waals surface area contributed by atoms with Gasteiger partial charge in [-0.2, -0.15) is 0 Å². The van der Waals surface area contributed by atoms with Crippen molar-refractivity contribution < 1.29 is 9.90 Å². The number of carbonyl (C=O) groups is 1. The molecule has 4 nitrogen and oxygen atoms in total. The fourth-order valence-corrected chi connectivity index (χ4v) is 1.81. The van der Waals surface area contributed by atoms with Crippen LogP contribution >= 0.6 is 0 Å². The largest absolute Gasteiger partial charge is 0.396 e. The third-order valence-corrected chi connectivity index (χ3v) is 2.86. The van der Waals surface area contributed by atoms with Gasteiger partial charge in [-0.15, -0.1) is 0 Å². The second kappa shape index (κ2) is 6.67. The van der Waals surface area contributed by atoms with Crippen molar-refractivity contribution >= 4 is 6.03 Å². The van der Waals surface area contributed by atoms with Gasteiger partial charge in [0.2, 0.25) is 0 Å². The maximum Gasteiger partial charge on any atom is 0.315 e. The van der Waals surface area contributed by atoms with Gasteiger partial charge in [-0.3, -0.25) is 0 Å². The van der Waals surface area contributed by atoms with Gasteiger partial charge in [-0.1, -0.05) is 26.2 Å². The number of aliphatic hydroxyl groups excluding tert-OH is 1. The first-order valence-corrected chi connectivity index (χ1v) is 5.87. The lowest BCUT2D eigenvalue weighted by molar-refractivity contribution is 0.217. The molecule has 0 spiro atoms. The van der Waals surface area contributed by atoms with E-state index in [0.717, 1.165) is 12.8 Å². The summed E-state index contributed by atoms with van der Waals surface area (Å²) in [6.07, 6.45) is 5.93. The van der Waals surface area contributed by atoms with Gasteiger partial charge in [0.15, 0.2) is 0 Å². The minimum atomic E-state index is -0.0952. The summed E-state index contributed by atoms with van der Waals surface area (Å²) in [7, 11) is 0. The number of amides is 2. The third-order valence-electron chi connectivity index (χ3n) is 2.86. The number of hydrogen-bond acceptors (Lipinski definition) is 2. The molecule has 4 heteroatoms. The van der Waals surface area contributed by atoms with E-state index in [2.05, 4.69) is 10.6 Å². The van der Waals surface area contributed by atoms with E-state index in [4.69, 9.17) is 5.11 Å². The van der Waals surface area contributed by atoms with Gasteiger partial charge in [0, 0.05) is 19.2 Å². The Labute approximate surface area is 91.4 Å². The van der Waals surface area contributed by atoms with Crippen LogP contribution in [-0.2, 0) is 0 Å². The fraction of sp³-hybridized carbons (Fsp3) is 0.909. The van der Waals surface area contributed by atoms with Gasteiger partial charge >= 0.3 is 6.03 Å². The molecule has 1 rings (SSSR count). The van der Waals surface area contributed by atoms with E-state index in [0.29, 0.717) is 12.6 Å². The lowest BCUT2D eigenvalue weighted by atomic mass is 9.96. The second-order valence-electron chi connectivity index (χ2n) is 4.48. The van der Waals surface area contributed by atoms with E-state index in [9.17, 15) is 4.79 Å². The topological polar surface area (TPSA) is 61.4 Å². The van der Waals surface area contributed by atoms with E-state index in [1.54, 1.807) is 0 Å². The minimum absolute atomic E-state index is 0.0952. The maximum atomic E-state index is 11.4. The molecule has 0 heterocycles. The molecule has 0 saturated heterocycles. The Morgan fingerprint density at radius 3 is 2.67 bits per heavy atom. The number of hydrogen-bond donors (Lipinski definition) is 3. The quantitative estimate of drug-likeness (QED) is 0.659. The molecule has 88 valence electrons. The van der Waals surface area contributed by atoms with Crippen LogP contribution in [-0.4, -0.2) is 30.3 Å². The summed E-state index contributed by atoms with van der Waals surface area (Å²) in [6, 6.07) is 0.255. The average molecular weight is 214 g/mol. The number of nitrogens with one attached hydrogen (secondary N) is 2. The summed E-state index contributed by atoms with van der Waals surface area (Å²) < 4.78 is 0. The summed E-state index contributed by atoms with van der Waals surface area (Å²) in [4.78, 5) is 11.4. The van der Waals surface area contributed by atoms with Crippen LogP contribution in [0, 0.1) is 5.92 Å². The van der Waals surface area contributed by atoms with Crippen LogP contribution in [0.3, 0.4) is 0 Å². The number of rotatable bonds is 4. The first-order chi connectivity index (χ1) is 7.22. The van der Waals surface area contributed by atoms with E-state index in [1.165, 1.54) is 19.3 Å². The van der Waals surface area contributed by atoms with Crippen LogP contribution in [0.4, 0.5) is 4.79 Å². The molecule has 0 aromatic rings. The Morgan fingerprint density at radius 1 is 1.40 bits per heavy atom. The van der Waals surface area contributed by atoms with Gasteiger partial charge in [-0.05, 0) is 18.8 Å². The van der Waals surface area contributed by atoms with Crippen LogP contribution in [0.2, 0.25) is 0 Å². The Kier molecular flexibility index (Phi) is 5.47. The van der Waals surface area contributed by atoms with Crippen LogP contribution < -0.4 is 10.6 Å². The molecule has 1 atom stereocenters. The van der Waals surface area contributed by atoms with E-state index >= 15 is 0 Å².